The van der Waals surface area contributed by atoms with Gasteiger partial charge in [-0.15, -0.1) is 16.4 Å². The number of nitrogens with zero attached hydrogens (tertiary/aromatic N) is 3. The van der Waals surface area contributed by atoms with Crippen molar-refractivity contribution in [3.05, 3.63) is 68.5 Å². The van der Waals surface area contributed by atoms with Crippen molar-refractivity contribution in [3.63, 3.8) is 0 Å². The van der Waals surface area contributed by atoms with Crippen molar-refractivity contribution >= 4 is 57.1 Å². The van der Waals surface area contributed by atoms with Crippen molar-refractivity contribution in [2.75, 3.05) is 5.32 Å². The fraction of sp³-hybridized carbons (Fsp3) is 0.250. The molecule has 2 aromatic heterocycles. The van der Waals surface area contributed by atoms with Gasteiger partial charge in [-0.25, -0.2) is 4.52 Å². The van der Waals surface area contributed by atoms with Crippen molar-refractivity contribution < 1.29 is 9.59 Å². The molecule has 6 nitrogen and oxygen atoms in total. The number of Topliss-reactive ketones (excluding diaryl/α,β-unsaturated/α-hetero) is 1. The van der Waals surface area contributed by atoms with E-state index in [4.69, 9.17) is 23.2 Å². The summed E-state index contributed by atoms with van der Waals surface area (Å²) in [5.41, 5.74) is 4.73. The minimum Gasteiger partial charge on any atom is -0.294 e. The largest absolute Gasteiger partial charge is 0.294 e. The Hall–Kier alpha value is -2.74. The maximum absolute atomic E-state index is 12.6. The number of anilines is 1. The average molecular weight is 499 g/mol. The van der Waals surface area contributed by atoms with E-state index in [0.717, 1.165) is 30.5 Å². The topological polar surface area (TPSA) is 76.4 Å². The molecule has 2 aromatic carbocycles. The second-order valence-electron chi connectivity index (χ2n) is 8.04. The van der Waals surface area contributed by atoms with Crippen molar-refractivity contribution in [1.82, 2.24) is 14.6 Å². The molecule has 0 atom stereocenters. The summed E-state index contributed by atoms with van der Waals surface area (Å²) in [6.07, 6.45) is 4.66. The van der Waals surface area contributed by atoms with Gasteiger partial charge in [0.15, 0.2) is 5.78 Å². The van der Waals surface area contributed by atoms with Crippen LogP contribution < -0.4 is 5.32 Å². The Morgan fingerprint density at radius 1 is 1.03 bits per heavy atom. The summed E-state index contributed by atoms with van der Waals surface area (Å²) in [5.74, 6) is -0.149. The van der Waals surface area contributed by atoms with E-state index in [0.29, 0.717) is 20.6 Å². The highest BCUT2D eigenvalue weighted by Gasteiger charge is 2.17. The van der Waals surface area contributed by atoms with Gasteiger partial charge in [0, 0.05) is 34.4 Å². The van der Waals surface area contributed by atoms with Gasteiger partial charge in [0.25, 0.3) is 0 Å². The van der Waals surface area contributed by atoms with Gasteiger partial charge in [0.05, 0.1) is 10.7 Å². The zero-order valence-corrected chi connectivity index (χ0v) is 19.9. The molecule has 0 unspecified atom stereocenters. The Bertz CT molecular complexity index is 1380. The van der Waals surface area contributed by atoms with Gasteiger partial charge in [-0.3, -0.25) is 14.9 Å². The molecule has 4 aromatic rings. The lowest BCUT2D eigenvalue weighted by Crippen LogP contribution is -2.15. The van der Waals surface area contributed by atoms with E-state index >= 15 is 0 Å². The van der Waals surface area contributed by atoms with Crippen LogP contribution in [-0.4, -0.2) is 26.3 Å². The van der Waals surface area contributed by atoms with Gasteiger partial charge in [0.2, 0.25) is 16.8 Å². The molecule has 9 heteroatoms. The Morgan fingerprint density at radius 3 is 2.70 bits per heavy atom. The number of nitrogens with one attached hydrogen (secondary N) is 1. The molecule has 1 N–H and O–H groups in total. The number of carbonyl (C=O) groups is 2. The van der Waals surface area contributed by atoms with Crippen LogP contribution in [0.1, 0.15) is 47.2 Å². The lowest BCUT2D eigenvalue weighted by molar-refractivity contribution is -0.116. The molecule has 0 fully saturated rings. The third kappa shape index (κ3) is 4.67. The van der Waals surface area contributed by atoms with Crippen molar-refractivity contribution in [2.24, 2.45) is 0 Å². The van der Waals surface area contributed by atoms with Crippen LogP contribution in [0.4, 0.5) is 5.95 Å². The predicted molar refractivity (Wildman–Crippen MR) is 132 cm³/mol. The van der Waals surface area contributed by atoms with Crippen molar-refractivity contribution in [1.29, 1.82) is 0 Å². The Balaban J connectivity index is 1.25. The Morgan fingerprint density at radius 2 is 1.85 bits per heavy atom. The number of benzene rings is 2. The molecule has 5 rings (SSSR count). The highest BCUT2D eigenvalue weighted by molar-refractivity contribution is 7.15. The first-order chi connectivity index (χ1) is 16.0. The second-order valence-corrected chi connectivity index (χ2v) is 9.72. The van der Waals surface area contributed by atoms with Crippen LogP contribution in [0.25, 0.3) is 16.2 Å². The summed E-state index contributed by atoms with van der Waals surface area (Å²) < 4.78 is 1.62. The Labute approximate surface area is 204 Å². The van der Waals surface area contributed by atoms with Crippen LogP contribution in [0.15, 0.2) is 41.8 Å². The van der Waals surface area contributed by atoms with Crippen molar-refractivity contribution in [2.45, 2.75) is 38.5 Å². The zero-order valence-electron chi connectivity index (χ0n) is 17.6. The van der Waals surface area contributed by atoms with E-state index in [9.17, 15) is 9.59 Å². The number of aryl methyl sites for hydroxylation is 2. The predicted octanol–water partition coefficient (Wildman–Crippen LogP) is 6.25. The van der Waals surface area contributed by atoms with E-state index in [1.54, 1.807) is 22.7 Å². The third-order valence-electron chi connectivity index (χ3n) is 5.79. The lowest BCUT2D eigenvalue weighted by Gasteiger charge is -2.16. The molecule has 0 aliphatic heterocycles. The smallest absolute Gasteiger partial charge is 0.250 e. The lowest BCUT2D eigenvalue weighted by atomic mass is 9.89. The SMILES string of the molecule is O=C(CCC(=O)c1ccc2c(c1)CCCC2)Nc1nc2scc(-c3cc(Cl)ccc3Cl)n2n1. The van der Waals surface area contributed by atoms with Gasteiger partial charge in [-0.1, -0.05) is 35.3 Å². The van der Waals surface area contributed by atoms with E-state index in [2.05, 4.69) is 15.4 Å². The first kappa shape index (κ1) is 22.1. The summed E-state index contributed by atoms with van der Waals surface area (Å²) in [6, 6.07) is 11.1. The van der Waals surface area contributed by atoms with Gasteiger partial charge >= 0.3 is 0 Å². The normalized spacial score (nSPS) is 13.2. The van der Waals surface area contributed by atoms with Crippen molar-refractivity contribution in [3.8, 4) is 11.3 Å². The van der Waals surface area contributed by atoms with Gasteiger partial charge in [-0.05, 0) is 61.1 Å². The molecule has 1 aliphatic rings. The number of hydrogen-bond donors (Lipinski definition) is 1. The minimum absolute atomic E-state index is 0.0322. The maximum Gasteiger partial charge on any atom is 0.250 e. The first-order valence-corrected chi connectivity index (χ1v) is 12.4. The molecule has 0 radical (unpaired) electrons. The highest BCUT2D eigenvalue weighted by atomic mass is 35.5. The highest BCUT2D eigenvalue weighted by Crippen LogP contribution is 2.33. The molecular weight excluding hydrogens is 479 g/mol. The minimum atomic E-state index is -0.304. The van der Waals surface area contributed by atoms with E-state index in [-0.39, 0.29) is 30.5 Å². The molecule has 0 spiro atoms. The molecule has 1 aliphatic carbocycles. The number of amides is 1. The molecule has 168 valence electrons. The summed E-state index contributed by atoms with van der Waals surface area (Å²) in [7, 11) is 0. The van der Waals surface area contributed by atoms with Gasteiger partial charge in [-0.2, -0.15) is 4.98 Å². The third-order valence-corrected chi connectivity index (χ3v) is 7.17. The van der Waals surface area contributed by atoms with Crippen LogP contribution >= 0.6 is 34.5 Å². The van der Waals surface area contributed by atoms with Crippen LogP contribution in [0.5, 0.6) is 0 Å². The van der Waals surface area contributed by atoms with E-state index in [1.807, 2.05) is 23.6 Å². The van der Waals surface area contributed by atoms with Crippen LogP contribution in [0, 0.1) is 0 Å². The van der Waals surface area contributed by atoms with E-state index in [1.165, 1.54) is 28.9 Å². The molecule has 2 heterocycles. The summed E-state index contributed by atoms with van der Waals surface area (Å²) >= 11 is 13.8. The van der Waals surface area contributed by atoms with Crippen LogP contribution in [-0.2, 0) is 17.6 Å². The molecule has 1 amide bonds. The first-order valence-electron chi connectivity index (χ1n) is 10.7. The molecule has 0 bridgehead atoms. The number of carbonyl (C=O) groups excluding carboxylic acids is 2. The zero-order chi connectivity index (χ0) is 22.9. The molecule has 0 saturated carbocycles. The van der Waals surface area contributed by atoms with Gasteiger partial charge < -0.3 is 0 Å². The summed E-state index contributed by atoms with van der Waals surface area (Å²) in [6.45, 7) is 0. The monoisotopic (exact) mass is 498 g/mol. The Kier molecular flexibility index (Phi) is 6.19. The fourth-order valence-electron chi connectivity index (χ4n) is 4.08. The number of fused-ring (bicyclic) bond motifs is 2. The summed E-state index contributed by atoms with van der Waals surface area (Å²) in [5, 5.41) is 10.1. The quantitative estimate of drug-likeness (QED) is 0.319. The van der Waals surface area contributed by atoms with E-state index < -0.39 is 0 Å². The number of halogens is 2. The number of rotatable bonds is 6. The number of hydrogen-bond acceptors (Lipinski definition) is 5. The molecular formula is C24H20Cl2N4O2S. The van der Waals surface area contributed by atoms with Crippen LogP contribution in [0.3, 0.4) is 0 Å². The number of aromatic nitrogens is 3. The maximum atomic E-state index is 12.6. The molecule has 33 heavy (non-hydrogen) atoms. The number of thiazole rings is 1. The summed E-state index contributed by atoms with van der Waals surface area (Å²) in [4.78, 5) is 30.0. The van der Waals surface area contributed by atoms with Gasteiger partial charge in [0.1, 0.15) is 0 Å². The fourth-order valence-corrected chi connectivity index (χ4v) is 5.29. The second kappa shape index (κ2) is 9.25. The van der Waals surface area contributed by atoms with Crippen LogP contribution in [0.2, 0.25) is 10.0 Å². The molecule has 0 saturated heterocycles. The standard InChI is InChI=1S/C24H20Cl2N4O2S/c25-17-7-8-19(26)18(12-17)20-13-33-24-28-23(29-30(20)24)27-22(32)10-9-21(31)16-6-5-14-3-1-2-4-15(14)11-16/h5-8,11-13H,1-4,9-10H2,(H,27,29,32). The average Bonchev–Trinajstić information content (AvgIpc) is 3.39. The number of ketones is 1.